The number of rotatable bonds is 8. The summed E-state index contributed by atoms with van der Waals surface area (Å²) in [5.74, 6) is -2.50. The van der Waals surface area contributed by atoms with Crippen molar-refractivity contribution in [1.29, 1.82) is 0 Å². The number of halogens is 1. The van der Waals surface area contributed by atoms with Crippen LogP contribution in [0.4, 0.5) is 0 Å². The van der Waals surface area contributed by atoms with Gasteiger partial charge in [0.25, 0.3) is 0 Å². The average molecular weight is 538 g/mol. The fourth-order valence-corrected chi connectivity index (χ4v) is 3.32. The molecular formula is C18H23IN2O9. The highest BCUT2D eigenvalue weighted by Gasteiger charge is 2.51. The van der Waals surface area contributed by atoms with Crippen LogP contribution in [0.1, 0.15) is 50.1 Å². The predicted octanol–water partition coefficient (Wildman–Crippen LogP) is 1.32. The van der Waals surface area contributed by atoms with Crippen molar-refractivity contribution in [2.45, 2.75) is 56.7 Å². The summed E-state index contributed by atoms with van der Waals surface area (Å²) in [6.07, 6.45) is -4.29. The van der Waals surface area contributed by atoms with E-state index >= 15 is 0 Å². The van der Waals surface area contributed by atoms with E-state index in [-0.39, 0.29) is 18.9 Å². The van der Waals surface area contributed by atoms with Crippen LogP contribution in [0.15, 0.2) is 6.07 Å². The summed E-state index contributed by atoms with van der Waals surface area (Å²) >= 11 is 2.08. The Labute approximate surface area is 186 Å². The average Bonchev–Trinajstić information content (AvgIpc) is 3.22. The van der Waals surface area contributed by atoms with Crippen LogP contribution in [0.25, 0.3) is 0 Å². The first-order chi connectivity index (χ1) is 14.2. The minimum Gasteiger partial charge on any atom is -0.463 e. The van der Waals surface area contributed by atoms with E-state index in [1.807, 2.05) is 0 Å². The topological polar surface area (TPSA) is 132 Å². The molecule has 4 atom stereocenters. The highest BCUT2D eigenvalue weighted by Crippen LogP contribution is 2.35. The zero-order chi connectivity index (χ0) is 22.4. The molecule has 0 radical (unpaired) electrons. The summed E-state index contributed by atoms with van der Waals surface area (Å²) < 4.78 is 28.4. The van der Waals surface area contributed by atoms with Gasteiger partial charge in [0.1, 0.15) is 18.4 Å². The molecule has 12 heteroatoms. The molecule has 0 amide bonds. The Morgan fingerprint density at radius 1 is 1.07 bits per heavy atom. The second kappa shape index (κ2) is 10.7. The van der Waals surface area contributed by atoms with Gasteiger partial charge in [-0.05, 0) is 13.0 Å². The molecule has 0 bridgehead atoms. The fourth-order valence-electron chi connectivity index (χ4n) is 2.95. The van der Waals surface area contributed by atoms with Crippen molar-refractivity contribution < 1.29 is 42.9 Å². The van der Waals surface area contributed by atoms with Crippen LogP contribution >= 0.6 is 22.6 Å². The molecule has 1 aromatic rings. The van der Waals surface area contributed by atoms with E-state index in [2.05, 4.69) is 27.7 Å². The number of hydrogen-bond donors (Lipinski definition) is 0. The van der Waals surface area contributed by atoms with Gasteiger partial charge in [0, 0.05) is 25.2 Å². The summed E-state index contributed by atoms with van der Waals surface area (Å²) in [5.41, 5.74) is 0.650. The molecule has 30 heavy (non-hydrogen) atoms. The molecule has 2 heterocycles. The predicted molar refractivity (Wildman–Crippen MR) is 108 cm³/mol. The van der Waals surface area contributed by atoms with Gasteiger partial charge in [-0.3, -0.25) is 14.4 Å². The number of alkyl halides is 1. The number of ether oxygens (including phenoxy) is 5. The zero-order valence-electron chi connectivity index (χ0n) is 17.0. The standard InChI is InChI=1S/C18H23IN2O9/c1-5-26-18(25)13-6-12(7-19)20-21(13)17-16(29-11(4)24)15(28-10(3)23)14(30-17)8-27-9(2)22/h6,14-17H,5,7-8H2,1-4H3/t14-,15-,16-,17-/m1/s1. The lowest BCUT2D eigenvalue weighted by Gasteiger charge is -2.23. The number of esters is 4. The number of hydrogen-bond acceptors (Lipinski definition) is 10. The maximum Gasteiger partial charge on any atom is 0.356 e. The normalized spacial score (nSPS) is 23.0. The van der Waals surface area contributed by atoms with E-state index in [1.54, 1.807) is 13.0 Å². The lowest BCUT2D eigenvalue weighted by molar-refractivity contribution is -0.166. The molecule has 0 aliphatic carbocycles. The van der Waals surface area contributed by atoms with Crippen LogP contribution in [0.5, 0.6) is 0 Å². The van der Waals surface area contributed by atoms with Crippen LogP contribution in [-0.4, -0.2) is 65.2 Å². The van der Waals surface area contributed by atoms with Gasteiger partial charge in [0.2, 0.25) is 0 Å². The highest BCUT2D eigenvalue weighted by molar-refractivity contribution is 14.1. The lowest BCUT2D eigenvalue weighted by Crippen LogP contribution is -2.41. The molecule has 0 spiro atoms. The number of nitrogens with zero attached hydrogens (tertiary/aromatic N) is 2. The van der Waals surface area contributed by atoms with Crippen molar-refractivity contribution in [3.8, 4) is 0 Å². The first kappa shape index (κ1) is 24.1. The maximum atomic E-state index is 12.4. The van der Waals surface area contributed by atoms with Gasteiger partial charge in [-0.2, -0.15) is 5.10 Å². The SMILES string of the molecule is CCOC(=O)c1cc(CI)nn1[C@@H]1O[C@H](COC(C)=O)[C@@H](OC(C)=O)[C@H]1OC(C)=O. The largest absolute Gasteiger partial charge is 0.463 e. The Morgan fingerprint density at radius 3 is 2.23 bits per heavy atom. The summed E-state index contributed by atoms with van der Waals surface area (Å²) in [7, 11) is 0. The molecule has 2 rings (SSSR count). The molecule has 1 aliphatic heterocycles. The molecule has 166 valence electrons. The second-order valence-electron chi connectivity index (χ2n) is 6.34. The minimum atomic E-state index is -1.14. The van der Waals surface area contributed by atoms with Gasteiger partial charge >= 0.3 is 23.9 Å². The van der Waals surface area contributed by atoms with Crippen LogP contribution in [0.2, 0.25) is 0 Å². The highest BCUT2D eigenvalue weighted by atomic mass is 127. The number of aromatic nitrogens is 2. The van der Waals surface area contributed by atoms with E-state index in [9.17, 15) is 19.2 Å². The summed E-state index contributed by atoms with van der Waals surface area (Å²) in [4.78, 5) is 47.1. The van der Waals surface area contributed by atoms with Gasteiger partial charge in [-0.1, -0.05) is 22.6 Å². The van der Waals surface area contributed by atoms with Crippen LogP contribution in [0, 0.1) is 0 Å². The van der Waals surface area contributed by atoms with E-state index in [0.29, 0.717) is 10.1 Å². The Morgan fingerprint density at radius 2 is 1.70 bits per heavy atom. The molecule has 0 saturated carbocycles. The summed E-state index contributed by atoms with van der Waals surface area (Å²) in [6.45, 7) is 5.15. The molecular weight excluding hydrogens is 515 g/mol. The minimum absolute atomic E-state index is 0.0837. The van der Waals surface area contributed by atoms with E-state index in [1.165, 1.54) is 25.5 Å². The molecule has 0 aromatic carbocycles. The van der Waals surface area contributed by atoms with E-state index < -0.39 is 48.4 Å². The Balaban J connectivity index is 2.48. The number of carbonyl (C=O) groups is 4. The second-order valence-corrected chi connectivity index (χ2v) is 7.10. The van der Waals surface area contributed by atoms with Crippen molar-refractivity contribution in [1.82, 2.24) is 9.78 Å². The molecule has 0 N–H and O–H groups in total. The first-order valence-electron chi connectivity index (χ1n) is 9.12. The van der Waals surface area contributed by atoms with Crippen molar-refractivity contribution in [2.24, 2.45) is 0 Å². The Hall–Kier alpha value is -2.22. The van der Waals surface area contributed by atoms with Crippen LogP contribution in [-0.2, 0) is 42.5 Å². The monoisotopic (exact) mass is 538 g/mol. The third-order valence-corrected chi connectivity index (χ3v) is 4.77. The summed E-state index contributed by atoms with van der Waals surface area (Å²) in [6, 6.07) is 1.54. The fraction of sp³-hybridized carbons (Fsp3) is 0.611. The third-order valence-electron chi connectivity index (χ3n) is 3.99. The van der Waals surface area contributed by atoms with Gasteiger partial charge in [0.05, 0.1) is 12.3 Å². The molecule has 11 nitrogen and oxygen atoms in total. The van der Waals surface area contributed by atoms with Crippen molar-refractivity contribution in [3.05, 3.63) is 17.5 Å². The van der Waals surface area contributed by atoms with Crippen molar-refractivity contribution >= 4 is 46.5 Å². The molecule has 1 aromatic heterocycles. The Kier molecular flexibility index (Phi) is 8.58. The quantitative estimate of drug-likeness (QED) is 0.207. The van der Waals surface area contributed by atoms with Crippen LogP contribution < -0.4 is 0 Å². The van der Waals surface area contributed by atoms with E-state index in [0.717, 1.165) is 0 Å². The maximum absolute atomic E-state index is 12.4. The first-order valence-corrected chi connectivity index (χ1v) is 10.6. The summed E-state index contributed by atoms with van der Waals surface area (Å²) in [5, 5.41) is 4.36. The molecule has 1 saturated heterocycles. The van der Waals surface area contributed by atoms with Gasteiger partial charge in [0.15, 0.2) is 18.4 Å². The zero-order valence-corrected chi connectivity index (χ0v) is 19.1. The van der Waals surface area contributed by atoms with Gasteiger partial charge < -0.3 is 23.7 Å². The van der Waals surface area contributed by atoms with E-state index in [4.69, 9.17) is 23.7 Å². The lowest BCUT2D eigenvalue weighted by atomic mass is 10.1. The molecule has 0 unspecified atom stereocenters. The van der Waals surface area contributed by atoms with Gasteiger partial charge in [-0.15, -0.1) is 0 Å². The number of carbonyl (C=O) groups excluding carboxylic acids is 4. The van der Waals surface area contributed by atoms with Crippen molar-refractivity contribution in [2.75, 3.05) is 13.2 Å². The molecule has 1 fully saturated rings. The van der Waals surface area contributed by atoms with Crippen molar-refractivity contribution in [3.63, 3.8) is 0 Å². The molecule has 1 aliphatic rings. The van der Waals surface area contributed by atoms with Gasteiger partial charge in [-0.25, -0.2) is 9.48 Å². The Bertz CT molecular complexity index is 810. The van der Waals surface area contributed by atoms with Crippen LogP contribution in [0.3, 0.4) is 0 Å². The third kappa shape index (κ3) is 5.90. The smallest absolute Gasteiger partial charge is 0.356 e.